The number of aliphatic carboxylic acids is 1. The number of nitrogens with zero attached hydrogens (tertiary/aromatic N) is 2. The second-order valence-corrected chi connectivity index (χ2v) is 6.39. The van der Waals surface area contributed by atoms with Gasteiger partial charge in [0.1, 0.15) is 0 Å². The van der Waals surface area contributed by atoms with Gasteiger partial charge in [-0.25, -0.2) is 0 Å². The Kier molecular flexibility index (Phi) is 5.90. The molecule has 0 aliphatic carbocycles. The molecule has 1 aliphatic rings. The van der Waals surface area contributed by atoms with Crippen LogP contribution in [0, 0.1) is 11.8 Å². The minimum Gasteiger partial charge on any atom is -0.481 e. The monoisotopic (exact) mass is 337 g/mol. The SMILES string of the molecule is O=C(O)C1CNCCC1C(CC=Cc1cnccn1)c1ccccc1. The summed E-state index contributed by atoms with van der Waals surface area (Å²) < 4.78 is 0. The predicted octanol–water partition coefficient (Wildman–Crippen LogP) is 2.97. The number of allylic oxidation sites excluding steroid dienone is 1. The highest BCUT2D eigenvalue weighted by Crippen LogP contribution is 2.37. The standard InChI is InChI=1S/C20H23N3O2/c24-20(25)19-14-21-10-9-18(19)17(15-5-2-1-3-6-15)8-4-7-16-13-22-11-12-23-16/h1-7,11-13,17-19,21H,8-10,14H2,(H,24,25). The van der Waals surface area contributed by atoms with Gasteiger partial charge in [-0.15, -0.1) is 0 Å². The number of nitrogens with one attached hydrogen (secondary N) is 1. The highest BCUT2D eigenvalue weighted by molar-refractivity contribution is 5.71. The number of hydrogen-bond donors (Lipinski definition) is 2. The van der Waals surface area contributed by atoms with Gasteiger partial charge in [-0.3, -0.25) is 14.8 Å². The number of rotatable bonds is 6. The Hall–Kier alpha value is -2.53. The first-order valence-electron chi connectivity index (χ1n) is 8.66. The molecular weight excluding hydrogens is 314 g/mol. The second kappa shape index (κ2) is 8.53. The lowest BCUT2D eigenvalue weighted by Crippen LogP contribution is -2.43. The Morgan fingerprint density at radius 2 is 2.16 bits per heavy atom. The molecule has 1 aliphatic heterocycles. The van der Waals surface area contributed by atoms with Gasteiger partial charge in [0.15, 0.2) is 0 Å². The molecule has 3 unspecified atom stereocenters. The number of carboxylic acids is 1. The first-order valence-corrected chi connectivity index (χ1v) is 8.66. The Morgan fingerprint density at radius 1 is 1.32 bits per heavy atom. The third kappa shape index (κ3) is 4.51. The van der Waals surface area contributed by atoms with Crippen LogP contribution in [0.5, 0.6) is 0 Å². The highest BCUT2D eigenvalue weighted by atomic mass is 16.4. The van der Waals surface area contributed by atoms with E-state index in [1.807, 2.05) is 24.3 Å². The molecule has 3 atom stereocenters. The van der Waals surface area contributed by atoms with Crippen LogP contribution in [0.3, 0.4) is 0 Å². The molecule has 1 fully saturated rings. The van der Waals surface area contributed by atoms with Gasteiger partial charge in [0.25, 0.3) is 0 Å². The fourth-order valence-corrected chi connectivity index (χ4v) is 3.62. The number of piperidine rings is 1. The summed E-state index contributed by atoms with van der Waals surface area (Å²) in [4.78, 5) is 20.0. The summed E-state index contributed by atoms with van der Waals surface area (Å²) >= 11 is 0. The molecule has 130 valence electrons. The molecule has 2 heterocycles. The zero-order chi connectivity index (χ0) is 17.5. The van der Waals surface area contributed by atoms with Gasteiger partial charge in [-0.1, -0.05) is 36.4 Å². The molecule has 1 saturated heterocycles. The average Bonchev–Trinajstić information content (AvgIpc) is 2.67. The van der Waals surface area contributed by atoms with Crippen molar-refractivity contribution in [2.45, 2.75) is 18.8 Å². The second-order valence-electron chi connectivity index (χ2n) is 6.39. The lowest BCUT2D eigenvalue weighted by Gasteiger charge is -2.35. The zero-order valence-electron chi connectivity index (χ0n) is 14.1. The van der Waals surface area contributed by atoms with Gasteiger partial charge >= 0.3 is 5.97 Å². The topological polar surface area (TPSA) is 75.1 Å². The molecule has 1 aromatic heterocycles. The molecule has 0 bridgehead atoms. The van der Waals surface area contributed by atoms with Gasteiger partial charge < -0.3 is 10.4 Å². The molecule has 0 amide bonds. The molecule has 2 N–H and O–H groups in total. The summed E-state index contributed by atoms with van der Waals surface area (Å²) in [5.41, 5.74) is 2.01. The fourth-order valence-electron chi connectivity index (χ4n) is 3.62. The van der Waals surface area contributed by atoms with Crippen molar-refractivity contribution in [1.82, 2.24) is 15.3 Å². The van der Waals surface area contributed by atoms with Gasteiger partial charge in [0.2, 0.25) is 0 Å². The van der Waals surface area contributed by atoms with E-state index in [1.165, 1.54) is 5.56 Å². The van der Waals surface area contributed by atoms with E-state index in [2.05, 4.69) is 33.5 Å². The summed E-state index contributed by atoms with van der Waals surface area (Å²) in [6.45, 7) is 1.41. The van der Waals surface area contributed by atoms with Crippen molar-refractivity contribution in [3.05, 3.63) is 66.3 Å². The van der Waals surface area contributed by atoms with Crippen LogP contribution in [0.1, 0.15) is 30.0 Å². The number of benzene rings is 1. The van der Waals surface area contributed by atoms with Crippen LogP contribution < -0.4 is 5.32 Å². The molecule has 25 heavy (non-hydrogen) atoms. The Balaban J connectivity index is 1.82. The summed E-state index contributed by atoms with van der Waals surface area (Å²) in [5, 5.41) is 12.8. The smallest absolute Gasteiger partial charge is 0.308 e. The van der Waals surface area contributed by atoms with Crippen molar-refractivity contribution in [3.8, 4) is 0 Å². The van der Waals surface area contributed by atoms with Crippen LogP contribution in [0.15, 0.2) is 55.0 Å². The Bertz CT molecular complexity index is 703. The van der Waals surface area contributed by atoms with Crippen LogP contribution in [0.2, 0.25) is 0 Å². The minimum absolute atomic E-state index is 0.118. The molecule has 5 nitrogen and oxygen atoms in total. The maximum absolute atomic E-state index is 11.7. The first-order chi connectivity index (χ1) is 12.3. The summed E-state index contributed by atoms with van der Waals surface area (Å²) in [6, 6.07) is 10.2. The molecule has 2 aromatic rings. The van der Waals surface area contributed by atoms with Gasteiger partial charge in [-0.2, -0.15) is 0 Å². The van der Waals surface area contributed by atoms with Gasteiger partial charge in [0, 0.05) is 18.9 Å². The van der Waals surface area contributed by atoms with E-state index in [0.29, 0.717) is 6.54 Å². The third-order valence-electron chi connectivity index (χ3n) is 4.86. The molecular formula is C20H23N3O2. The first kappa shape index (κ1) is 17.3. The summed E-state index contributed by atoms with van der Waals surface area (Å²) in [7, 11) is 0. The minimum atomic E-state index is -0.712. The zero-order valence-corrected chi connectivity index (χ0v) is 14.1. The number of hydrogen-bond acceptors (Lipinski definition) is 4. The number of aromatic nitrogens is 2. The molecule has 1 aromatic carbocycles. The highest BCUT2D eigenvalue weighted by Gasteiger charge is 2.36. The van der Waals surface area contributed by atoms with E-state index in [9.17, 15) is 9.90 Å². The van der Waals surface area contributed by atoms with E-state index >= 15 is 0 Å². The summed E-state index contributed by atoms with van der Waals surface area (Å²) in [6.07, 6.45) is 10.7. The molecule has 3 rings (SSSR count). The van der Waals surface area contributed by atoms with Gasteiger partial charge in [-0.05, 0) is 42.9 Å². The average molecular weight is 337 g/mol. The van der Waals surface area contributed by atoms with Crippen molar-refractivity contribution in [2.75, 3.05) is 13.1 Å². The third-order valence-corrected chi connectivity index (χ3v) is 4.86. The van der Waals surface area contributed by atoms with Crippen LogP contribution in [-0.4, -0.2) is 34.1 Å². The lowest BCUT2D eigenvalue weighted by atomic mass is 9.73. The van der Waals surface area contributed by atoms with Crippen LogP contribution >= 0.6 is 0 Å². The summed E-state index contributed by atoms with van der Waals surface area (Å²) in [5.74, 6) is -0.773. The van der Waals surface area contributed by atoms with Crippen molar-refractivity contribution in [1.29, 1.82) is 0 Å². The number of carbonyl (C=O) groups is 1. The van der Waals surface area contributed by atoms with Crippen LogP contribution in [-0.2, 0) is 4.79 Å². The van der Waals surface area contributed by atoms with Crippen molar-refractivity contribution in [2.24, 2.45) is 11.8 Å². The maximum atomic E-state index is 11.7. The van der Waals surface area contributed by atoms with Crippen molar-refractivity contribution in [3.63, 3.8) is 0 Å². The van der Waals surface area contributed by atoms with E-state index in [4.69, 9.17) is 0 Å². The van der Waals surface area contributed by atoms with Crippen LogP contribution in [0.4, 0.5) is 0 Å². The fraction of sp³-hybridized carbons (Fsp3) is 0.350. The van der Waals surface area contributed by atoms with Gasteiger partial charge in [0.05, 0.1) is 17.8 Å². The van der Waals surface area contributed by atoms with E-state index in [0.717, 1.165) is 25.1 Å². The molecule has 0 saturated carbocycles. The number of carboxylic acid groups (broad SMARTS) is 1. The van der Waals surface area contributed by atoms with Crippen molar-refractivity contribution < 1.29 is 9.90 Å². The predicted molar refractivity (Wildman–Crippen MR) is 97.0 cm³/mol. The molecule has 0 spiro atoms. The van der Waals surface area contributed by atoms with Crippen LogP contribution in [0.25, 0.3) is 6.08 Å². The van der Waals surface area contributed by atoms with E-state index in [1.54, 1.807) is 18.6 Å². The van der Waals surface area contributed by atoms with Crippen molar-refractivity contribution >= 4 is 12.0 Å². The van der Waals surface area contributed by atoms with E-state index in [-0.39, 0.29) is 17.8 Å². The Labute approximate surface area is 147 Å². The largest absolute Gasteiger partial charge is 0.481 e. The molecule has 0 radical (unpaired) electrons. The Morgan fingerprint density at radius 3 is 2.88 bits per heavy atom. The van der Waals surface area contributed by atoms with E-state index < -0.39 is 5.97 Å². The normalized spacial score (nSPS) is 21.9. The lowest BCUT2D eigenvalue weighted by molar-refractivity contribution is -0.144. The molecule has 5 heteroatoms. The quantitative estimate of drug-likeness (QED) is 0.847. The maximum Gasteiger partial charge on any atom is 0.308 e.